The quantitative estimate of drug-likeness (QED) is 0.246. The number of aliphatic carboxylic acids is 1. The maximum Gasteiger partial charge on any atom is 0.433 e. The van der Waals surface area contributed by atoms with Gasteiger partial charge < -0.3 is 25.2 Å². The average Bonchev–Trinajstić information content (AvgIpc) is 3.09. The summed E-state index contributed by atoms with van der Waals surface area (Å²) in [5.41, 5.74) is 1.97. The van der Waals surface area contributed by atoms with Crippen molar-refractivity contribution in [3.63, 3.8) is 0 Å². The lowest BCUT2D eigenvalue weighted by Gasteiger charge is -2.46. The molecule has 5 rings (SSSR count). The number of morpholine rings is 1. The summed E-state index contributed by atoms with van der Waals surface area (Å²) in [4.78, 5) is 36.9. The standard InChI is InChI=1S/C35H36F6N6O5/c1-4-33(43)16-25(29-26(5-6-27(45-29)35(39,40)41)47(33)31(50)52-19-32(2,3)30(48)49)28-22(15-24(18-44-28)46-7-9-51-10-8-46)12-20-11-21(17-42)14-23(13-20)34(36,37)38/h5-6,11,13-15,18,25H,4,7-10,12,16,19,43H2,1-3H3,(H,48,49)/t25-,33+/m0/s1. The van der Waals surface area contributed by atoms with E-state index in [0.717, 1.165) is 23.1 Å². The van der Waals surface area contributed by atoms with E-state index in [1.165, 1.54) is 26.1 Å². The van der Waals surface area contributed by atoms with Crippen molar-refractivity contribution in [2.45, 2.75) is 64.0 Å². The third kappa shape index (κ3) is 7.92. The monoisotopic (exact) mass is 734 g/mol. The van der Waals surface area contributed by atoms with Crippen molar-refractivity contribution in [1.82, 2.24) is 9.97 Å². The summed E-state index contributed by atoms with van der Waals surface area (Å²) in [6.45, 7) is 5.46. The van der Waals surface area contributed by atoms with Crippen LogP contribution in [0.4, 0.5) is 42.5 Å². The molecule has 52 heavy (non-hydrogen) atoms. The summed E-state index contributed by atoms with van der Waals surface area (Å²) in [5.74, 6) is -2.37. The van der Waals surface area contributed by atoms with E-state index in [1.54, 1.807) is 19.1 Å². The van der Waals surface area contributed by atoms with Crippen molar-refractivity contribution < 1.29 is 50.5 Å². The number of fused-ring (bicyclic) bond motifs is 1. The normalized spacial score (nSPS) is 19.5. The summed E-state index contributed by atoms with van der Waals surface area (Å²) >= 11 is 0. The van der Waals surface area contributed by atoms with Gasteiger partial charge >= 0.3 is 24.4 Å². The van der Waals surface area contributed by atoms with Gasteiger partial charge in [0.25, 0.3) is 0 Å². The van der Waals surface area contributed by atoms with Crippen molar-refractivity contribution >= 4 is 23.4 Å². The van der Waals surface area contributed by atoms with Crippen LogP contribution in [0.1, 0.15) is 78.9 Å². The van der Waals surface area contributed by atoms with E-state index < -0.39 is 59.3 Å². The first-order chi connectivity index (χ1) is 24.3. The number of rotatable bonds is 8. The molecule has 4 heterocycles. The van der Waals surface area contributed by atoms with Gasteiger partial charge in [0.2, 0.25) is 0 Å². The van der Waals surface area contributed by atoms with E-state index in [2.05, 4.69) is 9.97 Å². The number of alkyl halides is 6. The van der Waals surface area contributed by atoms with Crippen LogP contribution < -0.4 is 15.5 Å². The minimum atomic E-state index is -4.90. The fraction of sp³-hybridized carbons (Fsp3) is 0.457. The Kier molecular flexibility index (Phi) is 10.5. The predicted molar refractivity (Wildman–Crippen MR) is 174 cm³/mol. The predicted octanol–water partition coefficient (Wildman–Crippen LogP) is 6.47. The molecule has 2 atom stereocenters. The molecule has 1 fully saturated rings. The molecule has 1 aromatic carbocycles. The number of carboxylic acids is 1. The number of anilines is 2. The number of hydrogen-bond acceptors (Lipinski definition) is 9. The Hall–Kier alpha value is -4.95. The molecule has 278 valence electrons. The highest BCUT2D eigenvalue weighted by Gasteiger charge is 2.48. The molecule has 1 amide bonds. The van der Waals surface area contributed by atoms with Gasteiger partial charge in [0, 0.05) is 19.0 Å². The summed E-state index contributed by atoms with van der Waals surface area (Å²) in [6.07, 6.45) is -9.68. The molecular formula is C35H36F6N6O5. The molecule has 1 saturated heterocycles. The number of carboxylic acid groups (broad SMARTS) is 1. The van der Waals surface area contributed by atoms with Crippen molar-refractivity contribution in [3.8, 4) is 6.07 Å². The van der Waals surface area contributed by atoms with Crippen LogP contribution in [0.25, 0.3) is 0 Å². The van der Waals surface area contributed by atoms with Gasteiger partial charge in [-0.2, -0.15) is 31.6 Å². The number of benzene rings is 1. The molecule has 0 unspecified atom stereocenters. The van der Waals surface area contributed by atoms with Crippen LogP contribution in [0, 0.1) is 16.7 Å². The van der Waals surface area contributed by atoms with Crippen LogP contribution in [-0.2, 0) is 33.0 Å². The highest BCUT2D eigenvalue weighted by molar-refractivity contribution is 5.91. The van der Waals surface area contributed by atoms with Gasteiger partial charge in [0.15, 0.2) is 0 Å². The number of nitrogens with zero attached hydrogens (tertiary/aromatic N) is 5. The number of nitriles is 1. The molecule has 17 heteroatoms. The second-order valence-corrected chi connectivity index (χ2v) is 13.4. The van der Waals surface area contributed by atoms with Crippen LogP contribution in [0.2, 0.25) is 0 Å². The van der Waals surface area contributed by atoms with Crippen LogP contribution in [0.5, 0.6) is 0 Å². The molecule has 0 radical (unpaired) electrons. The lowest BCUT2D eigenvalue weighted by Crippen LogP contribution is -2.62. The van der Waals surface area contributed by atoms with Gasteiger partial charge in [-0.05, 0) is 80.6 Å². The topological polar surface area (TPSA) is 155 Å². The summed E-state index contributed by atoms with van der Waals surface area (Å²) in [7, 11) is 0. The van der Waals surface area contributed by atoms with Crippen LogP contribution >= 0.6 is 0 Å². The maximum atomic E-state index is 14.1. The number of amides is 1. The van der Waals surface area contributed by atoms with E-state index in [4.69, 9.17) is 15.2 Å². The minimum absolute atomic E-state index is 0.0434. The first-order valence-electron chi connectivity index (χ1n) is 16.3. The first kappa shape index (κ1) is 38.3. The van der Waals surface area contributed by atoms with Crippen LogP contribution in [0.3, 0.4) is 0 Å². The lowest BCUT2D eigenvalue weighted by molar-refractivity contribution is -0.149. The molecule has 2 aromatic heterocycles. The van der Waals surface area contributed by atoms with Gasteiger partial charge in [0.05, 0.1) is 64.8 Å². The van der Waals surface area contributed by atoms with Crippen molar-refractivity contribution in [2.75, 3.05) is 42.7 Å². The summed E-state index contributed by atoms with van der Waals surface area (Å²) < 4.78 is 94.8. The molecule has 2 aliphatic rings. The number of ether oxygens (including phenoxy) is 2. The Balaban J connectivity index is 1.69. The molecular weight excluding hydrogens is 698 g/mol. The fourth-order valence-corrected chi connectivity index (χ4v) is 6.23. The fourth-order valence-electron chi connectivity index (χ4n) is 6.23. The molecule has 2 aliphatic heterocycles. The number of pyridine rings is 2. The highest BCUT2D eigenvalue weighted by Crippen LogP contribution is 2.47. The van der Waals surface area contributed by atoms with Gasteiger partial charge in [0.1, 0.15) is 18.0 Å². The van der Waals surface area contributed by atoms with Gasteiger partial charge in [-0.15, -0.1) is 0 Å². The number of nitrogens with two attached hydrogens (primary N) is 1. The zero-order valence-corrected chi connectivity index (χ0v) is 28.4. The smallest absolute Gasteiger partial charge is 0.433 e. The maximum absolute atomic E-state index is 14.1. The zero-order chi connectivity index (χ0) is 38.2. The Labute approximate surface area is 294 Å². The number of aromatic nitrogens is 2. The lowest BCUT2D eigenvalue weighted by atomic mass is 9.79. The zero-order valence-electron chi connectivity index (χ0n) is 28.4. The van der Waals surface area contributed by atoms with E-state index >= 15 is 0 Å². The third-order valence-electron chi connectivity index (χ3n) is 9.23. The van der Waals surface area contributed by atoms with Crippen LogP contribution in [0.15, 0.2) is 42.6 Å². The second-order valence-electron chi connectivity index (χ2n) is 13.4. The number of hydrogen-bond donors (Lipinski definition) is 2. The molecule has 0 saturated carbocycles. The summed E-state index contributed by atoms with van der Waals surface area (Å²) in [6, 6.07) is 8.07. The molecule has 0 aliphatic carbocycles. The second kappa shape index (κ2) is 14.2. The molecule has 0 bridgehead atoms. The third-order valence-corrected chi connectivity index (χ3v) is 9.23. The Morgan fingerprint density at radius 3 is 2.37 bits per heavy atom. The molecule has 3 N–H and O–H groups in total. The average molecular weight is 735 g/mol. The number of carbonyl (C=O) groups is 2. The molecule has 11 nitrogen and oxygen atoms in total. The SMILES string of the molecule is CC[C@]1(N)C[C@@H](c2ncc(N3CCOCC3)cc2Cc2cc(C#N)cc(C(F)(F)F)c2)c2nc(C(F)(F)F)ccc2N1C(=O)OCC(C)(C)C(=O)O. The first-order valence-corrected chi connectivity index (χ1v) is 16.3. The van der Waals surface area contributed by atoms with Crippen LogP contribution in [-0.4, -0.2) is 65.7 Å². The summed E-state index contributed by atoms with van der Waals surface area (Å²) in [5, 5.41) is 19.0. The van der Waals surface area contributed by atoms with E-state index in [0.29, 0.717) is 43.6 Å². The Morgan fingerprint density at radius 2 is 1.77 bits per heavy atom. The van der Waals surface area contributed by atoms with E-state index in [-0.39, 0.29) is 47.5 Å². The van der Waals surface area contributed by atoms with Crippen molar-refractivity contribution in [2.24, 2.45) is 11.1 Å². The minimum Gasteiger partial charge on any atom is -0.481 e. The highest BCUT2D eigenvalue weighted by atomic mass is 19.4. The Morgan fingerprint density at radius 1 is 1.08 bits per heavy atom. The van der Waals surface area contributed by atoms with E-state index in [1.807, 2.05) is 4.90 Å². The molecule has 0 spiro atoms. The number of halogens is 6. The van der Waals surface area contributed by atoms with Gasteiger partial charge in [-0.3, -0.25) is 14.7 Å². The molecule has 3 aromatic rings. The van der Waals surface area contributed by atoms with Crippen molar-refractivity contribution in [3.05, 3.63) is 81.9 Å². The van der Waals surface area contributed by atoms with E-state index in [9.17, 15) is 46.3 Å². The largest absolute Gasteiger partial charge is 0.481 e. The van der Waals surface area contributed by atoms with Gasteiger partial charge in [-0.1, -0.05) is 6.92 Å². The Bertz CT molecular complexity index is 1890. The van der Waals surface area contributed by atoms with Gasteiger partial charge in [-0.25, -0.2) is 9.78 Å². The number of carbonyl (C=O) groups excluding carboxylic acids is 1. The van der Waals surface area contributed by atoms with Crippen molar-refractivity contribution in [1.29, 1.82) is 5.26 Å².